The number of amides is 1. The average Bonchev–Trinajstić information content (AvgIpc) is 2.98. The number of hydrogen-bond acceptors (Lipinski definition) is 5. The van der Waals surface area contributed by atoms with Crippen molar-refractivity contribution in [1.82, 2.24) is 4.90 Å². The molecule has 0 N–H and O–H groups in total. The highest BCUT2D eigenvalue weighted by atomic mass is 32.2. The Bertz CT molecular complexity index is 818. The van der Waals surface area contributed by atoms with Crippen LogP contribution in [0.5, 0.6) is 0 Å². The van der Waals surface area contributed by atoms with Crippen LogP contribution < -0.4 is 4.90 Å². The van der Waals surface area contributed by atoms with Crippen molar-refractivity contribution in [3.05, 3.63) is 28.3 Å². The molecule has 1 unspecified atom stereocenters. The van der Waals surface area contributed by atoms with Crippen molar-refractivity contribution in [2.24, 2.45) is 17.3 Å². The van der Waals surface area contributed by atoms with Gasteiger partial charge in [-0.1, -0.05) is 32.3 Å². The second-order valence-corrected chi connectivity index (χ2v) is 10.9. The van der Waals surface area contributed by atoms with Crippen LogP contribution >= 0.6 is 11.8 Å². The third-order valence-corrected chi connectivity index (χ3v) is 8.52. The van der Waals surface area contributed by atoms with Crippen molar-refractivity contribution in [3.8, 4) is 0 Å². The summed E-state index contributed by atoms with van der Waals surface area (Å²) in [6.45, 7) is 5.74. The Kier molecular flexibility index (Phi) is 6.80. The van der Waals surface area contributed by atoms with Crippen LogP contribution in [-0.2, 0) is 4.79 Å². The third kappa shape index (κ3) is 4.86. The highest BCUT2D eigenvalue weighted by Crippen LogP contribution is 2.43. The predicted octanol–water partition coefficient (Wildman–Crippen LogP) is 5.35. The van der Waals surface area contributed by atoms with E-state index in [0.717, 1.165) is 49.6 Å². The van der Waals surface area contributed by atoms with Gasteiger partial charge >= 0.3 is 5.69 Å². The number of nitrogens with zero attached hydrogens (tertiary/aromatic N) is 3. The predicted molar refractivity (Wildman–Crippen MR) is 126 cm³/mol. The van der Waals surface area contributed by atoms with E-state index in [0.29, 0.717) is 24.2 Å². The fraction of sp³-hybridized carbons (Fsp3) is 0.708. The van der Waals surface area contributed by atoms with Crippen molar-refractivity contribution in [3.63, 3.8) is 0 Å². The van der Waals surface area contributed by atoms with Gasteiger partial charge in [0.15, 0.2) is 0 Å². The monoisotopic (exact) mass is 445 g/mol. The summed E-state index contributed by atoms with van der Waals surface area (Å²) in [7, 11) is 0. The minimum Gasteiger partial charge on any atom is -0.365 e. The molecule has 1 atom stereocenters. The highest BCUT2D eigenvalue weighted by molar-refractivity contribution is 7.98. The van der Waals surface area contributed by atoms with E-state index in [9.17, 15) is 14.9 Å². The lowest BCUT2D eigenvalue weighted by molar-refractivity contribution is -0.387. The molecule has 3 fully saturated rings. The molecule has 2 saturated heterocycles. The zero-order valence-corrected chi connectivity index (χ0v) is 19.7. The fourth-order valence-corrected chi connectivity index (χ4v) is 6.38. The van der Waals surface area contributed by atoms with E-state index in [1.54, 1.807) is 0 Å². The molecule has 1 aromatic carbocycles. The van der Waals surface area contributed by atoms with Crippen LogP contribution in [0.15, 0.2) is 23.1 Å². The summed E-state index contributed by atoms with van der Waals surface area (Å²) in [5.41, 5.74) is 1.17. The molecular weight excluding hydrogens is 410 g/mol. The molecule has 2 aliphatic heterocycles. The Hall–Kier alpha value is -1.76. The van der Waals surface area contributed by atoms with Crippen molar-refractivity contribution >= 4 is 29.0 Å². The SMILES string of the molecule is CSc1cccc(N2CC(C3CCCCN(C(=O)CC4(C)CCCC4)C3)C2)c1[N+](=O)[O-]. The number of hydrogen-bond donors (Lipinski definition) is 0. The Morgan fingerprint density at radius 2 is 1.90 bits per heavy atom. The summed E-state index contributed by atoms with van der Waals surface area (Å²) in [5, 5.41) is 11.7. The molecule has 31 heavy (non-hydrogen) atoms. The Morgan fingerprint density at radius 3 is 2.58 bits per heavy atom. The summed E-state index contributed by atoms with van der Waals surface area (Å²) in [4.78, 5) is 29.5. The van der Waals surface area contributed by atoms with Gasteiger partial charge < -0.3 is 9.80 Å². The van der Waals surface area contributed by atoms with Crippen molar-refractivity contribution in [2.75, 3.05) is 37.3 Å². The molecule has 0 spiro atoms. The second-order valence-electron chi connectivity index (χ2n) is 10.0. The maximum atomic E-state index is 13.1. The van der Waals surface area contributed by atoms with Crippen LogP contribution in [0.3, 0.4) is 0 Å². The van der Waals surface area contributed by atoms with E-state index >= 15 is 0 Å². The van der Waals surface area contributed by atoms with Crippen molar-refractivity contribution in [1.29, 1.82) is 0 Å². The molecule has 0 aromatic heterocycles. The third-order valence-electron chi connectivity index (χ3n) is 7.75. The lowest BCUT2D eigenvalue weighted by Crippen LogP contribution is -2.52. The lowest BCUT2D eigenvalue weighted by atomic mass is 9.82. The largest absolute Gasteiger partial charge is 0.365 e. The van der Waals surface area contributed by atoms with Gasteiger partial charge in [-0.05, 0) is 61.3 Å². The van der Waals surface area contributed by atoms with E-state index in [-0.39, 0.29) is 16.0 Å². The molecule has 2 heterocycles. The van der Waals surface area contributed by atoms with Gasteiger partial charge in [-0.15, -0.1) is 11.8 Å². The topological polar surface area (TPSA) is 66.7 Å². The van der Waals surface area contributed by atoms with Crippen LogP contribution in [0.2, 0.25) is 0 Å². The number of carbonyl (C=O) groups excluding carboxylic acids is 1. The molecule has 170 valence electrons. The van der Waals surface area contributed by atoms with Gasteiger partial charge in [0.1, 0.15) is 5.69 Å². The maximum absolute atomic E-state index is 13.1. The molecule has 7 heteroatoms. The smallest absolute Gasteiger partial charge is 0.305 e. The van der Waals surface area contributed by atoms with Gasteiger partial charge in [-0.3, -0.25) is 14.9 Å². The zero-order chi connectivity index (χ0) is 22.0. The highest BCUT2D eigenvalue weighted by Gasteiger charge is 2.39. The van der Waals surface area contributed by atoms with Gasteiger partial charge in [0, 0.05) is 32.6 Å². The van der Waals surface area contributed by atoms with Crippen LogP contribution in [0, 0.1) is 27.4 Å². The van der Waals surface area contributed by atoms with Gasteiger partial charge in [0.2, 0.25) is 5.91 Å². The standard InChI is InChI=1S/C24H35N3O3S/c1-24(11-4-5-12-24)14-22(28)25-13-6-3-8-18(15-25)19-16-26(17-19)20-9-7-10-21(31-2)23(20)27(29)30/h7,9-10,18-19H,3-6,8,11-17H2,1-2H3. The van der Waals surface area contributed by atoms with Crippen LogP contribution in [0.25, 0.3) is 0 Å². The second kappa shape index (κ2) is 9.39. The van der Waals surface area contributed by atoms with Crippen molar-refractivity contribution < 1.29 is 9.72 Å². The summed E-state index contributed by atoms with van der Waals surface area (Å²) in [5.74, 6) is 1.35. The number of benzene rings is 1. The molecular formula is C24H35N3O3S. The first-order valence-corrected chi connectivity index (χ1v) is 13.0. The Labute approximate surface area is 189 Å². The van der Waals surface area contributed by atoms with E-state index < -0.39 is 0 Å². The Balaban J connectivity index is 1.39. The van der Waals surface area contributed by atoms with E-state index in [4.69, 9.17) is 0 Å². The first-order valence-electron chi connectivity index (χ1n) is 11.7. The quantitative estimate of drug-likeness (QED) is 0.335. The minimum absolute atomic E-state index is 0.202. The molecule has 0 radical (unpaired) electrons. The molecule has 3 aliphatic rings. The maximum Gasteiger partial charge on any atom is 0.305 e. The molecule has 1 aromatic rings. The molecule has 4 rings (SSSR count). The van der Waals surface area contributed by atoms with Crippen LogP contribution in [0.4, 0.5) is 11.4 Å². The summed E-state index contributed by atoms with van der Waals surface area (Å²) >= 11 is 1.42. The number of carbonyl (C=O) groups is 1. The molecule has 6 nitrogen and oxygen atoms in total. The Morgan fingerprint density at radius 1 is 1.16 bits per heavy atom. The number of thioether (sulfide) groups is 1. The minimum atomic E-state index is -0.246. The summed E-state index contributed by atoms with van der Waals surface area (Å²) < 4.78 is 0. The number of rotatable bonds is 6. The molecule has 1 aliphatic carbocycles. The van der Waals surface area contributed by atoms with Crippen molar-refractivity contribution in [2.45, 2.75) is 63.2 Å². The first-order chi connectivity index (χ1) is 14.9. The first kappa shape index (κ1) is 22.4. The number of anilines is 1. The number of nitro groups is 1. The van der Waals surface area contributed by atoms with Crippen LogP contribution in [-0.4, -0.2) is 48.2 Å². The fourth-order valence-electron chi connectivity index (χ4n) is 5.79. The molecule has 0 bridgehead atoms. The van der Waals surface area contributed by atoms with Gasteiger partial charge in [-0.25, -0.2) is 0 Å². The van der Waals surface area contributed by atoms with Gasteiger partial charge in [0.25, 0.3) is 0 Å². The number of nitro benzene ring substituents is 1. The van der Waals surface area contributed by atoms with Gasteiger partial charge in [-0.2, -0.15) is 0 Å². The average molecular weight is 446 g/mol. The van der Waals surface area contributed by atoms with E-state index in [1.807, 2.05) is 24.5 Å². The van der Waals surface area contributed by atoms with E-state index in [1.165, 1.54) is 43.9 Å². The van der Waals surface area contributed by atoms with Crippen LogP contribution in [0.1, 0.15) is 58.3 Å². The lowest BCUT2D eigenvalue weighted by Gasteiger charge is -2.45. The number of likely N-dealkylation sites (tertiary alicyclic amines) is 1. The number of para-hydroxylation sites is 1. The molecule has 1 amide bonds. The zero-order valence-electron chi connectivity index (χ0n) is 18.8. The summed E-state index contributed by atoms with van der Waals surface area (Å²) in [6, 6.07) is 5.61. The summed E-state index contributed by atoms with van der Waals surface area (Å²) in [6.07, 6.45) is 10.9. The molecule has 1 saturated carbocycles. The van der Waals surface area contributed by atoms with E-state index in [2.05, 4.69) is 16.7 Å². The normalized spacial score (nSPS) is 24.0. The van der Waals surface area contributed by atoms with Gasteiger partial charge in [0.05, 0.1) is 9.82 Å².